The zero-order valence-corrected chi connectivity index (χ0v) is 24.1. The van der Waals surface area contributed by atoms with Gasteiger partial charge in [0.15, 0.2) is 0 Å². The molecule has 0 saturated carbocycles. The zero-order valence-electron chi connectivity index (χ0n) is 24.1. The molecule has 1 N–H and O–H groups in total. The number of aryl methyl sites for hydroxylation is 1. The van der Waals surface area contributed by atoms with E-state index in [1.54, 1.807) is 12.3 Å². The lowest BCUT2D eigenvalue weighted by molar-refractivity contribution is -0.138. The van der Waals surface area contributed by atoms with Crippen molar-refractivity contribution in [2.45, 2.75) is 53.8 Å². The molecule has 9 heteroatoms. The van der Waals surface area contributed by atoms with Gasteiger partial charge < -0.3 is 10.2 Å². The first-order valence-corrected chi connectivity index (χ1v) is 14.0. The molecule has 4 aromatic rings. The number of alkyl halides is 3. The lowest BCUT2D eigenvalue weighted by atomic mass is 9.92. The van der Waals surface area contributed by atoms with Crippen LogP contribution in [0.4, 0.5) is 19.0 Å². The van der Waals surface area contributed by atoms with Gasteiger partial charge in [-0.25, -0.2) is 9.97 Å². The summed E-state index contributed by atoms with van der Waals surface area (Å²) < 4.78 is 39.1. The van der Waals surface area contributed by atoms with Gasteiger partial charge in [-0.2, -0.15) is 13.2 Å². The Morgan fingerprint density at radius 3 is 2.37 bits per heavy atom. The third-order valence-corrected chi connectivity index (χ3v) is 7.04. The molecule has 6 nitrogen and oxygen atoms in total. The Bertz CT molecular complexity index is 1510. The first kappa shape index (κ1) is 30.0. The highest BCUT2D eigenvalue weighted by molar-refractivity contribution is 5.94. The second kappa shape index (κ2) is 12.7. The minimum atomic E-state index is -4.46. The quantitative estimate of drug-likeness (QED) is 0.273. The number of carbonyl (C=O) groups is 1. The highest BCUT2D eigenvalue weighted by Crippen LogP contribution is 2.32. The normalized spacial score (nSPS) is 17.1. The summed E-state index contributed by atoms with van der Waals surface area (Å²) in [6.07, 6.45) is -1.54. The number of amides is 1. The summed E-state index contributed by atoms with van der Waals surface area (Å²) in [6, 6.07) is 15.0. The van der Waals surface area contributed by atoms with E-state index in [4.69, 9.17) is 9.97 Å². The number of anilines is 1. The summed E-state index contributed by atoms with van der Waals surface area (Å²) in [4.78, 5) is 29.0. The Balaban J connectivity index is 0.00000189. The summed E-state index contributed by atoms with van der Waals surface area (Å²) in [7, 11) is 0. The standard InChI is InChI=1S/C30H30F3N5O.C2H6/c1-18-11-19(2)17-38(16-18)28-6-4-5-25(37-28)26-10-8-22-14-34-23(13-27(22)36-26)15-35-29(39)21-7-9-24(20(3)12-21)30(31,32)33;1-2/h4-10,12-14,18-19H,11,15-17H2,1-3H3,(H,35,39);1-2H3. The van der Waals surface area contributed by atoms with Crippen molar-refractivity contribution in [2.24, 2.45) is 11.8 Å². The Morgan fingerprint density at radius 1 is 0.976 bits per heavy atom. The van der Waals surface area contributed by atoms with E-state index in [1.807, 2.05) is 44.2 Å². The van der Waals surface area contributed by atoms with Crippen molar-refractivity contribution < 1.29 is 18.0 Å². The molecule has 3 aromatic heterocycles. The molecule has 5 rings (SSSR count). The van der Waals surface area contributed by atoms with Crippen molar-refractivity contribution in [1.82, 2.24) is 20.3 Å². The molecule has 216 valence electrons. The van der Waals surface area contributed by atoms with Gasteiger partial charge in [-0.15, -0.1) is 0 Å². The molecule has 1 aromatic carbocycles. The molecule has 0 bridgehead atoms. The summed E-state index contributed by atoms with van der Waals surface area (Å²) in [5.41, 5.74) is 2.22. The number of hydrogen-bond acceptors (Lipinski definition) is 5. The number of hydrogen-bond donors (Lipinski definition) is 1. The number of pyridine rings is 3. The average molecular weight is 564 g/mol. The molecule has 2 atom stereocenters. The maximum atomic E-state index is 13.0. The number of aromatic nitrogens is 3. The van der Waals surface area contributed by atoms with Crippen LogP contribution < -0.4 is 10.2 Å². The van der Waals surface area contributed by atoms with Gasteiger partial charge in [-0.05, 0) is 79.3 Å². The van der Waals surface area contributed by atoms with E-state index in [-0.39, 0.29) is 17.7 Å². The van der Waals surface area contributed by atoms with Crippen LogP contribution in [-0.2, 0) is 12.7 Å². The van der Waals surface area contributed by atoms with E-state index in [9.17, 15) is 18.0 Å². The molecule has 2 unspecified atom stereocenters. The van der Waals surface area contributed by atoms with Gasteiger partial charge in [0, 0.05) is 30.2 Å². The van der Waals surface area contributed by atoms with E-state index in [0.717, 1.165) is 41.7 Å². The van der Waals surface area contributed by atoms with E-state index in [2.05, 4.69) is 29.0 Å². The monoisotopic (exact) mass is 563 g/mol. The maximum Gasteiger partial charge on any atom is 0.416 e. The number of rotatable bonds is 5. The number of fused-ring (bicyclic) bond motifs is 1. The maximum absolute atomic E-state index is 13.0. The zero-order chi connectivity index (χ0) is 29.7. The molecule has 1 saturated heterocycles. The Kier molecular flexibility index (Phi) is 9.25. The molecule has 1 aliphatic heterocycles. The topological polar surface area (TPSA) is 71.0 Å². The minimum absolute atomic E-state index is 0.00213. The van der Waals surface area contributed by atoms with Crippen LogP contribution in [0.1, 0.15) is 61.3 Å². The predicted octanol–water partition coefficient (Wildman–Crippen LogP) is 7.46. The Morgan fingerprint density at radius 2 is 1.68 bits per heavy atom. The van der Waals surface area contributed by atoms with Crippen molar-refractivity contribution in [2.75, 3.05) is 18.0 Å². The Labute approximate surface area is 239 Å². The van der Waals surface area contributed by atoms with E-state index in [1.165, 1.54) is 25.5 Å². The first-order valence-electron chi connectivity index (χ1n) is 14.0. The van der Waals surface area contributed by atoms with E-state index < -0.39 is 17.6 Å². The number of nitrogens with one attached hydrogen (secondary N) is 1. The van der Waals surface area contributed by atoms with Gasteiger partial charge in [-0.3, -0.25) is 9.78 Å². The van der Waals surface area contributed by atoms with Crippen LogP contribution in [0.2, 0.25) is 0 Å². The van der Waals surface area contributed by atoms with Crippen molar-refractivity contribution >= 4 is 22.6 Å². The van der Waals surface area contributed by atoms with Gasteiger partial charge >= 0.3 is 6.18 Å². The second-order valence-electron chi connectivity index (χ2n) is 10.5. The van der Waals surface area contributed by atoms with Gasteiger partial charge in [0.05, 0.1) is 34.7 Å². The van der Waals surface area contributed by atoms with Crippen molar-refractivity contribution in [3.8, 4) is 11.4 Å². The molecular weight excluding hydrogens is 527 g/mol. The predicted molar refractivity (Wildman–Crippen MR) is 157 cm³/mol. The smallest absolute Gasteiger partial charge is 0.356 e. The molecule has 0 aliphatic carbocycles. The third-order valence-electron chi connectivity index (χ3n) is 7.04. The van der Waals surface area contributed by atoms with Crippen LogP contribution in [0.3, 0.4) is 0 Å². The lowest BCUT2D eigenvalue weighted by Gasteiger charge is -2.35. The summed E-state index contributed by atoms with van der Waals surface area (Å²) in [5.74, 6) is 1.71. The number of piperidine rings is 1. The van der Waals surface area contributed by atoms with Crippen molar-refractivity contribution in [1.29, 1.82) is 0 Å². The highest BCUT2D eigenvalue weighted by atomic mass is 19.4. The van der Waals surface area contributed by atoms with Gasteiger partial charge in [0.2, 0.25) is 0 Å². The average Bonchev–Trinajstić information content (AvgIpc) is 2.95. The van der Waals surface area contributed by atoms with Gasteiger partial charge in [0.1, 0.15) is 5.82 Å². The third kappa shape index (κ3) is 7.20. The minimum Gasteiger partial charge on any atom is -0.356 e. The molecule has 0 radical (unpaired) electrons. The van der Waals surface area contributed by atoms with Crippen molar-refractivity contribution in [3.05, 3.63) is 83.2 Å². The lowest BCUT2D eigenvalue weighted by Crippen LogP contribution is -2.39. The number of nitrogens with zero attached hydrogens (tertiary/aromatic N) is 4. The highest BCUT2D eigenvalue weighted by Gasteiger charge is 2.32. The van der Waals surface area contributed by atoms with Gasteiger partial charge in [0.25, 0.3) is 5.91 Å². The molecule has 1 aliphatic rings. The molecular formula is C32H36F3N5O. The fourth-order valence-corrected chi connectivity index (χ4v) is 5.29. The SMILES string of the molecule is CC.Cc1cc(C(=O)NCc2cc3nc(-c4cccc(N5CC(C)CC(C)C5)n4)ccc3cn2)ccc1C(F)(F)F. The molecule has 1 fully saturated rings. The van der Waals surface area contributed by atoms with Crippen molar-refractivity contribution in [3.63, 3.8) is 0 Å². The largest absolute Gasteiger partial charge is 0.416 e. The van der Waals surface area contributed by atoms with Crippen LogP contribution in [-0.4, -0.2) is 33.9 Å². The number of benzene rings is 1. The van der Waals surface area contributed by atoms with Crippen LogP contribution in [0, 0.1) is 18.8 Å². The second-order valence-corrected chi connectivity index (χ2v) is 10.5. The first-order chi connectivity index (χ1) is 19.6. The van der Waals surface area contributed by atoms with Crippen LogP contribution in [0.5, 0.6) is 0 Å². The fourth-order valence-electron chi connectivity index (χ4n) is 5.29. The van der Waals surface area contributed by atoms with E-state index >= 15 is 0 Å². The van der Waals surface area contributed by atoms with Gasteiger partial charge in [-0.1, -0.05) is 33.8 Å². The fraction of sp³-hybridized carbons (Fsp3) is 0.375. The van der Waals surface area contributed by atoms with Crippen LogP contribution in [0.15, 0.2) is 60.8 Å². The summed E-state index contributed by atoms with van der Waals surface area (Å²) >= 11 is 0. The Hall–Kier alpha value is -4.01. The molecule has 0 spiro atoms. The summed E-state index contributed by atoms with van der Waals surface area (Å²) in [5, 5.41) is 3.58. The molecule has 41 heavy (non-hydrogen) atoms. The van der Waals surface area contributed by atoms with E-state index in [0.29, 0.717) is 23.0 Å². The number of halogens is 3. The van der Waals surface area contributed by atoms with Crippen LogP contribution >= 0.6 is 0 Å². The molecule has 4 heterocycles. The molecule has 1 amide bonds. The number of carbonyl (C=O) groups excluding carboxylic acids is 1. The summed E-state index contributed by atoms with van der Waals surface area (Å²) in [6.45, 7) is 12.0. The van der Waals surface area contributed by atoms with Crippen LogP contribution in [0.25, 0.3) is 22.3 Å².